The maximum absolute atomic E-state index is 12.2. The van der Waals surface area contributed by atoms with E-state index in [-0.39, 0.29) is 5.91 Å². The number of anilines is 2. The zero-order valence-electron chi connectivity index (χ0n) is 14.3. The van der Waals surface area contributed by atoms with E-state index < -0.39 is 0 Å². The summed E-state index contributed by atoms with van der Waals surface area (Å²) in [6.07, 6.45) is 3.72. The number of aryl methyl sites for hydroxylation is 1. The van der Waals surface area contributed by atoms with E-state index in [1.165, 1.54) is 22.3 Å². The molecule has 2 N–H and O–H groups in total. The molecule has 0 radical (unpaired) electrons. The summed E-state index contributed by atoms with van der Waals surface area (Å²) in [7, 11) is 3.52. The number of H-pyrrole nitrogens is 1. The Bertz CT molecular complexity index is 1090. The second kappa shape index (κ2) is 5.89. The van der Waals surface area contributed by atoms with Crippen LogP contribution in [-0.2, 0) is 0 Å². The van der Waals surface area contributed by atoms with Crippen molar-refractivity contribution >= 4 is 49.7 Å². The summed E-state index contributed by atoms with van der Waals surface area (Å²) in [6.45, 7) is 2.10. The zero-order chi connectivity index (χ0) is 17.6. The number of nitrogens with one attached hydrogen (secondary N) is 2. The number of amides is 1. The van der Waals surface area contributed by atoms with E-state index in [1.54, 1.807) is 25.2 Å². The third kappa shape index (κ3) is 2.64. The molecule has 0 atom stereocenters. The van der Waals surface area contributed by atoms with E-state index in [0.29, 0.717) is 4.88 Å². The normalized spacial score (nSPS) is 11.2. The summed E-state index contributed by atoms with van der Waals surface area (Å²) in [5.41, 5.74) is 4.31. The Morgan fingerprint density at radius 2 is 2.00 bits per heavy atom. The Morgan fingerprint density at radius 1 is 1.16 bits per heavy atom. The third-order valence-electron chi connectivity index (χ3n) is 4.33. The molecule has 25 heavy (non-hydrogen) atoms. The number of hydrogen-bond donors (Lipinski definition) is 2. The fourth-order valence-corrected chi connectivity index (χ4v) is 3.99. The molecule has 3 heterocycles. The Morgan fingerprint density at radius 3 is 2.80 bits per heavy atom. The number of fused-ring (bicyclic) bond motifs is 2. The van der Waals surface area contributed by atoms with Gasteiger partial charge in [-0.15, -0.1) is 11.3 Å². The fraction of sp³-hybridized carbons (Fsp3) is 0.158. The Balaban J connectivity index is 1.78. The first-order valence-electron chi connectivity index (χ1n) is 7.98. The minimum Gasteiger partial charge on any atom is -0.361 e. The molecular weight excluding hydrogens is 332 g/mol. The molecule has 1 amide bonds. The van der Waals surface area contributed by atoms with Crippen LogP contribution in [0.3, 0.4) is 0 Å². The molecule has 0 aliphatic rings. The van der Waals surface area contributed by atoms with E-state index >= 15 is 0 Å². The van der Waals surface area contributed by atoms with Gasteiger partial charge in [0.1, 0.15) is 4.83 Å². The largest absolute Gasteiger partial charge is 0.361 e. The van der Waals surface area contributed by atoms with Crippen molar-refractivity contribution in [1.82, 2.24) is 14.9 Å². The van der Waals surface area contributed by atoms with E-state index in [9.17, 15) is 4.79 Å². The van der Waals surface area contributed by atoms with Crippen molar-refractivity contribution in [2.75, 3.05) is 19.4 Å². The van der Waals surface area contributed by atoms with E-state index in [1.807, 2.05) is 18.3 Å². The predicted octanol–water partition coefficient (Wildman–Crippen LogP) is 4.53. The van der Waals surface area contributed by atoms with Gasteiger partial charge in [-0.25, -0.2) is 4.98 Å². The first-order chi connectivity index (χ1) is 12.0. The van der Waals surface area contributed by atoms with Crippen molar-refractivity contribution in [2.45, 2.75) is 6.92 Å². The van der Waals surface area contributed by atoms with Gasteiger partial charge >= 0.3 is 0 Å². The first kappa shape index (κ1) is 15.7. The number of benzene rings is 1. The molecule has 5 nitrogen and oxygen atoms in total. The van der Waals surface area contributed by atoms with Crippen LogP contribution in [0.25, 0.3) is 21.1 Å². The van der Waals surface area contributed by atoms with Crippen LogP contribution in [0.4, 0.5) is 11.4 Å². The highest BCUT2D eigenvalue weighted by atomic mass is 32.1. The van der Waals surface area contributed by atoms with Gasteiger partial charge in [-0.1, -0.05) is 0 Å². The number of pyridine rings is 1. The molecular formula is C19H18N4OS. The van der Waals surface area contributed by atoms with Gasteiger partial charge in [-0.2, -0.15) is 0 Å². The van der Waals surface area contributed by atoms with Crippen molar-refractivity contribution < 1.29 is 4.79 Å². The number of hydrogen-bond acceptors (Lipinski definition) is 4. The predicted molar refractivity (Wildman–Crippen MR) is 104 cm³/mol. The van der Waals surface area contributed by atoms with Gasteiger partial charge in [0.15, 0.2) is 0 Å². The zero-order valence-corrected chi connectivity index (χ0v) is 15.1. The Labute approximate surface area is 149 Å². The molecule has 0 aliphatic carbocycles. The molecule has 6 heteroatoms. The third-order valence-corrected chi connectivity index (χ3v) is 5.36. The number of nitrogens with zero attached hydrogens (tertiary/aromatic N) is 2. The monoisotopic (exact) mass is 350 g/mol. The minimum atomic E-state index is -0.00104. The number of thiophene rings is 1. The molecule has 0 spiro atoms. The lowest BCUT2D eigenvalue weighted by Gasteiger charge is -2.11. The fourth-order valence-electron chi connectivity index (χ4n) is 2.94. The molecule has 4 rings (SSSR count). The molecule has 126 valence electrons. The standard InChI is InChI=1S/C19H18N4OS/c1-11-12-6-8-20-15(12)5-4-14(11)22-16-7-9-21-18-13(16)10-17(25-18)19(24)23(2)3/h4-10,20H,1-3H3,(H,21,22). The summed E-state index contributed by atoms with van der Waals surface area (Å²) in [6, 6.07) is 10.1. The molecule has 0 aliphatic heterocycles. The van der Waals surface area contributed by atoms with Gasteiger partial charge in [0.25, 0.3) is 5.91 Å². The lowest BCUT2D eigenvalue weighted by Crippen LogP contribution is -2.20. The van der Waals surface area contributed by atoms with Crippen molar-refractivity contribution in [3.05, 3.63) is 53.2 Å². The quantitative estimate of drug-likeness (QED) is 0.570. The van der Waals surface area contributed by atoms with Gasteiger partial charge in [0, 0.05) is 48.5 Å². The molecule has 0 fully saturated rings. The lowest BCUT2D eigenvalue weighted by atomic mass is 10.1. The number of aromatic nitrogens is 2. The molecule has 1 aromatic carbocycles. The SMILES string of the molecule is Cc1c(Nc2ccnc3sc(C(=O)N(C)C)cc23)ccc2[nH]ccc12. The van der Waals surface area contributed by atoms with Crippen LogP contribution >= 0.6 is 11.3 Å². The van der Waals surface area contributed by atoms with Crippen LogP contribution in [0, 0.1) is 6.92 Å². The maximum atomic E-state index is 12.2. The minimum absolute atomic E-state index is 0.00104. The van der Waals surface area contributed by atoms with E-state index in [0.717, 1.165) is 27.1 Å². The molecule has 0 saturated heterocycles. The van der Waals surface area contributed by atoms with Gasteiger partial charge in [-0.3, -0.25) is 4.79 Å². The van der Waals surface area contributed by atoms with Gasteiger partial charge in [-0.05, 0) is 42.8 Å². The van der Waals surface area contributed by atoms with E-state index in [4.69, 9.17) is 0 Å². The second-order valence-electron chi connectivity index (χ2n) is 6.19. The number of aromatic amines is 1. The number of rotatable bonds is 3. The molecule has 0 bridgehead atoms. The van der Waals surface area contributed by atoms with Crippen molar-refractivity contribution in [1.29, 1.82) is 0 Å². The van der Waals surface area contributed by atoms with Gasteiger partial charge < -0.3 is 15.2 Å². The van der Waals surface area contributed by atoms with Crippen LogP contribution in [0.1, 0.15) is 15.2 Å². The Kier molecular flexibility index (Phi) is 3.69. The van der Waals surface area contributed by atoms with Crippen LogP contribution in [-0.4, -0.2) is 34.9 Å². The van der Waals surface area contributed by atoms with Gasteiger partial charge in [0.05, 0.1) is 10.6 Å². The highest BCUT2D eigenvalue weighted by Gasteiger charge is 2.15. The van der Waals surface area contributed by atoms with Crippen molar-refractivity contribution in [3.63, 3.8) is 0 Å². The van der Waals surface area contributed by atoms with Crippen molar-refractivity contribution in [2.24, 2.45) is 0 Å². The average Bonchev–Trinajstić information content (AvgIpc) is 3.23. The summed E-state index contributed by atoms with van der Waals surface area (Å²) in [4.78, 5) is 23.0. The van der Waals surface area contributed by atoms with Crippen LogP contribution in [0.2, 0.25) is 0 Å². The summed E-state index contributed by atoms with van der Waals surface area (Å²) >= 11 is 1.42. The van der Waals surface area contributed by atoms with Gasteiger partial charge in [0.2, 0.25) is 0 Å². The molecule has 0 unspecified atom stereocenters. The summed E-state index contributed by atoms with van der Waals surface area (Å²) < 4.78 is 0. The first-order valence-corrected chi connectivity index (χ1v) is 8.80. The topological polar surface area (TPSA) is 61.0 Å². The summed E-state index contributed by atoms with van der Waals surface area (Å²) in [5, 5.41) is 5.67. The van der Waals surface area contributed by atoms with Crippen LogP contribution in [0.15, 0.2) is 42.7 Å². The van der Waals surface area contributed by atoms with E-state index in [2.05, 4.69) is 40.4 Å². The van der Waals surface area contributed by atoms with Crippen LogP contribution in [0.5, 0.6) is 0 Å². The number of carbonyl (C=O) groups is 1. The summed E-state index contributed by atoms with van der Waals surface area (Å²) in [5.74, 6) is -0.00104. The highest BCUT2D eigenvalue weighted by Crippen LogP contribution is 2.34. The second-order valence-corrected chi connectivity index (χ2v) is 7.22. The van der Waals surface area contributed by atoms with Crippen molar-refractivity contribution in [3.8, 4) is 0 Å². The average molecular weight is 350 g/mol. The molecule has 3 aromatic heterocycles. The smallest absolute Gasteiger partial charge is 0.263 e. The molecule has 4 aromatic rings. The Hall–Kier alpha value is -2.86. The highest BCUT2D eigenvalue weighted by molar-refractivity contribution is 7.20. The lowest BCUT2D eigenvalue weighted by molar-refractivity contribution is 0.0832. The number of carbonyl (C=O) groups excluding carboxylic acids is 1. The molecule has 0 saturated carbocycles. The maximum Gasteiger partial charge on any atom is 0.263 e. The van der Waals surface area contributed by atoms with Crippen LogP contribution < -0.4 is 5.32 Å².